The fourth-order valence-electron chi connectivity index (χ4n) is 4.14. The Kier molecular flexibility index (Phi) is 6.53. The van der Waals surface area contributed by atoms with Crippen molar-refractivity contribution in [3.05, 3.63) is 106 Å². The van der Waals surface area contributed by atoms with Crippen molar-refractivity contribution in [2.45, 2.75) is 26.9 Å². The molecule has 0 unspecified atom stereocenters. The third kappa shape index (κ3) is 5.07. The highest BCUT2D eigenvalue weighted by molar-refractivity contribution is 7.10. The van der Waals surface area contributed by atoms with Crippen LogP contribution < -0.4 is 10.6 Å². The first-order chi connectivity index (χ1) is 17.1. The number of hydrogen-bond donors (Lipinski definition) is 2. The lowest BCUT2D eigenvalue weighted by molar-refractivity contribution is 0.700. The van der Waals surface area contributed by atoms with E-state index < -0.39 is 0 Å². The van der Waals surface area contributed by atoms with Gasteiger partial charge in [0.25, 0.3) is 0 Å². The second kappa shape index (κ2) is 10.1. The van der Waals surface area contributed by atoms with Crippen molar-refractivity contribution in [3.8, 4) is 17.2 Å². The number of aromatic nitrogens is 2. The molecule has 0 aliphatic rings. The third-order valence-electron chi connectivity index (χ3n) is 6.00. The molecule has 0 aliphatic heterocycles. The number of rotatable bonds is 7. The van der Waals surface area contributed by atoms with E-state index in [2.05, 4.69) is 88.4 Å². The Morgan fingerprint density at radius 3 is 2.60 bits per heavy atom. The smallest absolute Gasteiger partial charge is 0.103 e. The highest BCUT2D eigenvalue weighted by Crippen LogP contribution is 2.34. The maximum atomic E-state index is 9.71. The molecular weight excluding hydrogens is 450 g/mol. The summed E-state index contributed by atoms with van der Waals surface area (Å²) in [5.74, 6) is 0. The normalized spacial score (nSPS) is 10.9. The molecule has 172 valence electrons. The topological polar surface area (TPSA) is 73.6 Å². The number of aryl methyl sites for hydroxylation is 2. The Morgan fingerprint density at radius 1 is 0.943 bits per heavy atom. The maximum absolute atomic E-state index is 9.71. The molecule has 0 aliphatic carbocycles. The lowest BCUT2D eigenvalue weighted by atomic mass is 10.0. The number of fused-ring (bicyclic) bond motifs is 1. The average Bonchev–Trinajstić information content (AvgIpc) is 3.35. The van der Waals surface area contributed by atoms with Crippen LogP contribution in [-0.4, -0.2) is 9.97 Å². The first-order valence-electron chi connectivity index (χ1n) is 11.5. The van der Waals surface area contributed by atoms with Crippen LogP contribution in [0, 0.1) is 25.2 Å². The number of thiophene rings is 1. The molecule has 0 bridgehead atoms. The molecule has 35 heavy (non-hydrogen) atoms. The van der Waals surface area contributed by atoms with E-state index in [0.717, 1.165) is 46.5 Å². The van der Waals surface area contributed by atoms with Crippen molar-refractivity contribution in [1.82, 2.24) is 15.3 Å². The Labute approximate surface area is 209 Å². The fourth-order valence-corrected chi connectivity index (χ4v) is 5.00. The standard InChI is InChI=1S/C29H25N5S/c1-19-3-6-27(20(2)11-19)34-29-24(14-30)16-33-28-13-22(4-5-26(28)29)23-12-25(35-18-23)17-32-15-21-7-9-31-10-8-21/h3-13,16,18,32H,15,17H2,1-2H3,(H,33,34). The Morgan fingerprint density at radius 2 is 1.80 bits per heavy atom. The minimum absolute atomic E-state index is 0.531. The summed E-state index contributed by atoms with van der Waals surface area (Å²) in [5, 5.41) is 19.8. The van der Waals surface area contributed by atoms with Gasteiger partial charge in [-0.2, -0.15) is 5.26 Å². The first-order valence-corrected chi connectivity index (χ1v) is 12.3. The van der Waals surface area contributed by atoms with Crippen LogP contribution in [0.25, 0.3) is 22.0 Å². The van der Waals surface area contributed by atoms with E-state index in [1.54, 1.807) is 17.5 Å². The van der Waals surface area contributed by atoms with E-state index in [1.807, 2.05) is 24.5 Å². The molecule has 5 rings (SSSR count). The molecule has 2 aromatic carbocycles. The van der Waals surface area contributed by atoms with Gasteiger partial charge >= 0.3 is 0 Å². The first kappa shape index (κ1) is 22.7. The highest BCUT2D eigenvalue weighted by atomic mass is 32.1. The number of hydrogen-bond acceptors (Lipinski definition) is 6. The predicted molar refractivity (Wildman–Crippen MR) is 144 cm³/mol. The van der Waals surface area contributed by atoms with Gasteiger partial charge in [-0.05, 0) is 71.8 Å². The Hall–Kier alpha value is -4.05. The molecule has 0 amide bonds. The van der Waals surface area contributed by atoms with Crippen LogP contribution >= 0.6 is 11.3 Å². The zero-order valence-corrected chi connectivity index (χ0v) is 20.5. The van der Waals surface area contributed by atoms with Gasteiger partial charge < -0.3 is 10.6 Å². The van der Waals surface area contributed by atoms with Crippen LogP contribution in [0.4, 0.5) is 11.4 Å². The summed E-state index contributed by atoms with van der Waals surface area (Å²) >= 11 is 1.75. The summed E-state index contributed by atoms with van der Waals surface area (Å²) in [6.45, 7) is 5.78. The van der Waals surface area contributed by atoms with Crippen molar-refractivity contribution in [2.24, 2.45) is 0 Å². The number of nitriles is 1. The molecular formula is C29H25N5S. The van der Waals surface area contributed by atoms with Crippen LogP contribution in [0.3, 0.4) is 0 Å². The summed E-state index contributed by atoms with van der Waals surface area (Å²) in [6.07, 6.45) is 5.28. The summed E-state index contributed by atoms with van der Waals surface area (Å²) in [5.41, 5.74) is 9.03. The number of benzene rings is 2. The minimum atomic E-state index is 0.531. The van der Waals surface area contributed by atoms with Gasteiger partial charge in [-0.25, -0.2) is 0 Å². The van der Waals surface area contributed by atoms with Crippen LogP contribution in [0.2, 0.25) is 0 Å². The maximum Gasteiger partial charge on any atom is 0.103 e. The number of nitrogens with one attached hydrogen (secondary N) is 2. The van der Waals surface area contributed by atoms with E-state index in [4.69, 9.17) is 0 Å². The summed E-state index contributed by atoms with van der Waals surface area (Å²) in [7, 11) is 0. The van der Waals surface area contributed by atoms with Crippen LogP contribution in [0.15, 0.2) is 78.6 Å². The highest BCUT2D eigenvalue weighted by Gasteiger charge is 2.12. The van der Waals surface area contributed by atoms with Crippen LogP contribution in [0.1, 0.15) is 27.1 Å². The van der Waals surface area contributed by atoms with Crippen molar-refractivity contribution in [1.29, 1.82) is 5.26 Å². The van der Waals surface area contributed by atoms with Gasteiger partial charge in [0.1, 0.15) is 6.07 Å². The van der Waals surface area contributed by atoms with Crippen LogP contribution in [-0.2, 0) is 13.1 Å². The molecule has 6 heteroatoms. The Bertz CT molecular complexity index is 1530. The molecule has 5 aromatic rings. The van der Waals surface area contributed by atoms with Gasteiger partial charge in [0.15, 0.2) is 0 Å². The molecule has 3 heterocycles. The zero-order chi connectivity index (χ0) is 24.2. The summed E-state index contributed by atoms with van der Waals surface area (Å²) in [4.78, 5) is 9.93. The van der Waals surface area contributed by atoms with E-state index in [9.17, 15) is 5.26 Å². The van der Waals surface area contributed by atoms with E-state index >= 15 is 0 Å². The molecule has 0 atom stereocenters. The molecule has 2 N–H and O–H groups in total. The second-order valence-corrected chi connectivity index (χ2v) is 9.59. The quantitative estimate of drug-likeness (QED) is 0.268. The molecule has 0 fully saturated rings. The molecule has 0 spiro atoms. The van der Waals surface area contributed by atoms with Crippen molar-refractivity contribution in [2.75, 3.05) is 5.32 Å². The second-order valence-electron chi connectivity index (χ2n) is 8.59. The van der Waals surface area contributed by atoms with Gasteiger partial charge in [0.2, 0.25) is 0 Å². The molecule has 0 radical (unpaired) electrons. The van der Waals surface area contributed by atoms with Crippen LogP contribution in [0.5, 0.6) is 0 Å². The number of pyridine rings is 2. The molecule has 0 saturated carbocycles. The van der Waals surface area contributed by atoms with Gasteiger partial charge in [0.05, 0.1) is 16.8 Å². The third-order valence-corrected chi connectivity index (χ3v) is 6.93. The van der Waals surface area contributed by atoms with Gasteiger partial charge in [0, 0.05) is 47.6 Å². The summed E-state index contributed by atoms with van der Waals surface area (Å²) < 4.78 is 0. The molecule has 3 aromatic heterocycles. The summed E-state index contributed by atoms with van der Waals surface area (Å²) in [6, 6.07) is 21.1. The van der Waals surface area contributed by atoms with Gasteiger partial charge in [-0.1, -0.05) is 29.8 Å². The van der Waals surface area contributed by atoms with Crippen molar-refractivity contribution >= 4 is 33.6 Å². The van der Waals surface area contributed by atoms with Gasteiger partial charge in [-0.15, -0.1) is 11.3 Å². The van der Waals surface area contributed by atoms with E-state index in [1.165, 1.54) is 21.6 Å². The average molecular weight is 476 g/mol. The Balaban J connectivity index is 1.39. The number of nitrogens with zero attached hydrogens (tertiary/aromatic N) is 3. The van der Waals surface area contributed by atoms with Gasteiger partial charge in [-0.3, -0.25) is 9.97 Å². The zero-order valence-electron chi connectivity index (χ0n) is 19.7. The minimum Gasteiger partial charge on any atom is -0.354 e. The largest absolute Gasteiger partial charge is 0.354 e. The lowest BCUT2D eigenvalue weighted by Crippen LogP contribution is -2.11. The fraction of sp³-hybridized carbons (Fsp3) is 0.138. The lowest BCUT2D eigenvalue weighted by Gasteiger charge is -2.14. The molecule has 5 nitrogen and oxygen atoms in total. The van der Waals surface area contributed by atoms with Crippen molar-refractivity contribution in [3.63, 3.8) is 0 Å². The predicted octanol–water partition coefficient (Wildman–Crippen LogP) is 6.88. The van der Waals surface area contributed by atoms with Crippen molar-refractivity contribution < 1.29 is 0 Å². The van der Waals surface area contributed by atoms with E-state index in [-0.39, 0.29) is 0 Å². The van der Waals surface area contributed by atoms with E-state index in [0.29, 0.717) is 5.56 Å². The SMILES string of the molecule is Cc1ccc(Nc2c(C#N)cnc3cc(-c4csc(CNCc5ccncc5)c4)ccc23)c(C)c1. The molecule has 0 saturated heterocycles. The number of anilines is 2. The monoisotopic (exact) mass is 475 g/mol.